The molecule has 114 valence electrons. The lowest BCUT2D eigenvalue weighted by Crippen LogP contribution is -3.15. The molecule has 1 atom stereocenters. The maximum atomic E-state index is 12.9. The molecule has 2 rings (SSSR count). The van der Waals surface area contributed by atoms with Gasteiger partial charge in [-0.2, -0.15) is 9.57 Å². The second-order valence-corrected chi connectivity index (χ2v) is 7.28. The Kier molecular flexibility index (Phi) is 4.93. The van der Waals surface area contributed by atoms with Crippen molar-refractivity contribution in [3.05, 3.63) is 30.1 Å². The van der Waals surface area contributed by atoms with Gasteiger partial charge in [-0.05, 0) is 31.2 Å². The van der Waals surface area contributed by atoms with Crippen LogP contribution in [0.5, 0.6) is 0 Å². The molecule has 1 aliphatic heterocycles. The number of rotatable bonds is 4. The van der Waals surface area contributed by atoms with Gasteiger partial charge in [-0.25, -0.2) is 12.8 Å². The number of hydrogen-bond acceptors (Lipinski definition) is 3. The van der Waals surface area contributed by atoms with Crippen LogP contribution in [0.1, 0.15) is 6.92 Å². The van der Waals surface area contributed by atoms with Crippen molar-refractivity contribution in [1.82, 2.24) is 4.31 Å². The summed E-state index contributed by atoms with van der Waals surface area (Å²) in [5.74, 6) is -0.478. The molecule has 0 radical (unpaired) electrons. The number of benzene rings is 1. The summed E-state index contributed by atoms with van der Waals surface area (Å²) in [6, 6.07) is 7.09. The molecule has 0 bridgehead atoms. The maximum Gasteiger partial charge on any atom is 0.243 e. The smallest absolute Gasteiger partial charge is 0.243 e. The minimum Gasteiger partial charge on any atom is -0.332 e. The first-order valence-electron chi connectivity index (χ1n) is 6.92. The quantitative estimate of drug-likeness (QED) is 0.842. The third kappa shape index (κ3) is 3.79. The Morgan fingerprint density at radius 3 is 2.43 bits per heavy atom. The molecule has 0 aromatic heterocycles. The van der Waals surface area contributed by atoms with E-state index in [4.69, 9.17) is 5.26 Å². The number of nitriles is 1. The lowest BCUT2D eigenvalue weighted by Gasteiger charge is -2.31. The molecule has 21 heavy (non-hydrogen) atoms. The maximum absolute atomic E-state index is 12.9. The number of hydrogen-bond donors (Lipinski definition) is 1. The average molecular weight is 312 g/mol. The first-order chi connectivity index (χ1) is 9.93. The third-order valence-electron chi connectivity index (χ3n) is 3.70. The molecule has 0 saturated carbocycles. The minimum atomic E-state index is -3.55. The number of quaternary nitrogens is 1. The van der Waals surface area contributed by atoms with E-state index in [0.717, 1.165) is 18.7 Å². The van der Waals surface area contributed by atoms with Crippen LogP contribution in [0, 0.1) is 23.1 Å². The average Bonchev–Trinajstić information content (AvgIpc) is 2.48. The molecule has 1 aromatic rings. The van der Waals surface area contributed by atoms with Gasteiger partial charge in [0.05, 0.1) is 49.6 Å². The lowest BCUT2D eigenvalue weighted by atomic mass is 10.2. The highest BCUT2D eigenvalue weighted by Crippen LogP contribution is 2.15. The fourth-order valence-electron chi connectivity index (χ4n) is 2.48. The Labute approximate surface area is 124 Å². The first-order valence-corrected chi connectivity index (χ1v) is 8.36. The lowest BCUT2D eigenvalue weighted by molar-refractivity contribution is -0.905. The van der Waals surface area contributed by atoms with Gasteiger partial charge in [-0.15, -0.1) is 0 Å². The molecule has 0 spiro atoms. The van der Waals surface area contributed by atoms with Crippen molar-refractivity contribution in [2.75, 3.05) is 32.7 Å². The Hall–Kier alpha value is -1.49. The second-order valence-electron chi connectivity index (χ2n) is 5.34. The molecule has 1 aromatic carbocycles. The fourth-order valence-corrected chi connectivity index (χ4v) is 3.92. The van der Waals surface area contributed by atoms with Gasteiger partial charge in [0.1, 0.15) is 5.82 Å². The number of sulfonamides is 1. The van der Waals surface area contributed by atoms with Crippen LogP contribution in [-0.2, 0) is 10.0 Å². The van der Waals surface area contributed by atoms with Gasteiger partial charge < -0.3 is 4.90 Å². The minimum absolute atomic E-state index is 0.0275. The molecule has 0 unspecified atom stereocenters. The van der Waals surface area contributed by atoms with Crippen LogP contribution in [0.3, 0.4) is 0 Å². The predicted octanol–water partition coefficient (Wildman–Crippen LogP) is -0.125. The largest absolute Gasteiger partial charge is 0.332 e. The third-order valence-corrected chi connectivity index (χ3v) is 5.61. The highest BCUT2D eigenvalue weighted by Gasteiger charge is 2.30. The van der Waals surface area contributed by atoms with E-state index in [1.165, 1.54) is 21.3 Å². The van der Waals surface area contributed by atoms with E-state index in [9.17, 15) is 12.8 Å². The standard InChI is InChI=1S/C14H18FN3O2S/c1-12(10-16)11-17-6-8-18(9-7-17)21(19,20)14-4-2-13(15)3-5-14/h2-5,12H,6-9,11H2,1H3/p+1/t12-/m0/s1. The van der Waals surface area contributed by atoms with Gasteiger partial charge in [0.2, 0.25) is 10.0 Å². The summed E-state index contributed by atoms with van der Waals surface area (Å²) in [7, 11) is -3.55. The molecule has 1 N–H and O–H groups in total. The molecule has 1 aliphatic rings. The number of piperazine rings is 1. The van der Waals surface area contributed by atoms with E-state index in [-0.39, 0.29) is 10.8 Å². The molecule has 1 heterocycles. The van der Waals surface area contributed by atoms with E-state index < -0.39 is 15.8 Å². The summed E-state index contributed by atoms with van der Waals surface area (Å²) < 4.78 is 39.2. The summed E-state index contributed by atoms with van der Waals surface area (Å²) >= 11 is 0. The molecule has 7 heteroatoms. The van der Waals surface area contributed by atoms with Crippen LogP contribution in [-0.4, -0.2) is 45.4 Å². The number of halogens is 1. The molecule has 5 nitrogen and oxygen atoms in total. The first kappa shape index (κ1) is 15.9. The van der Waals surface area contributed by atoms with Gasteiger partial charge in [-0.1, -0.05) is 0 Å². The van der Waals surface area contributed by atoms with Crippen molar-refractivity contribution in [3.8, 4) is 6.07 Å². The van der Waals surface area contributed by atoms with Gasteiger partial charge in [-0.3, -0.25) is 0 Å². The van der Waals surface area contributed by atoms with Crippen molar-refractivity contribution in [2.24, 2.45) is 5.92 Å². The Morgan fingerprint density at radius 1 is 1.33 bits per heavy atom. The van der Waals surface area contributed by atoms with Crippen LogP contribution < -0.4 is 4.90 Å². The van der Waals surface area contributed by atoms with E-state index in [0.29, 0.717) is 26.2 Å². The predicted molar refractivity (Wildman–Crippen MR) is 75.5 cm³/mol. The van der Waals surface area contributed by atoms with Crippen molar-refractivity contribution in [2.45, 2.75) is 11.8 Å². The summed E-state index contributed by atoms with van der Waals surface area (Å²) in [6.07, 6.45) is 0. The van der Waals surface area contributed by atoms with Crippen LogP contribution in [0.25, 0.3) is 0 Å². The highest BCUT2D eigenvalue weighted by atomic mass is 32.2. The summed E-state index contributed by atoms with van der Waals surface area (Å²) in [6.45, 7) is 4.83. The van der Waals surface area contributed by atoms with Gasteiger partial charge in [0, 0.05) is 0 Å². The van der Waals surface area contributed by atoms with Crippen LogP contribution in [0.4, 0.5) is 4.39 Å². The van der Waals surface area contributed by atoms with E-state index in [1.54, 1.807) is 0 Å². The summed E-state index contributed by atoms with van der Waals surface area (Å²) in [5, 5.41) is 8.82. The normalized spacial score (nSPS) is 19.1. The summed E-state index contributed by atoms with van der Waals surface area (Å²) in [5.41, 5.74) is 0. The van der Waals surface area contributed by atoms with Crippen LogP contribution in [0.2, 0.25) is 0 Å². The fraction of sp³-hybridized carbons (Fsp3) is 0.500. The van der Waals surface area contributed by atoms with E-state index in [2.05, 4.69) is 6.07 Å². The van der Waals surface area contributed by atoms with Crippen molar-refractivity contribution in [3.63, 3.8) is 0 Å². The topological polar surface area (TPSA) is 65.6 Å². The highest BCUT2D eigenvalue weighted by molar-refractivity contribution is 7.89. The SMILES string of the molecule is C[C@@H](C#N)C[NH+]1CCN(S(=O)(=O)c2ccc(F)cc2)CC1. The zero-order valence-corrected chi connectivity index (χ0v) is 12.7. The molecular weight excluding hydrogens is 293 g/mol. The monoisotopic (exact) mass is 312 g/mol. The van der Waals surface area contributed by atoms with E-state index >= 15 is 0 Å². The van der Waals surface area contributed by atoms with Crippen LogP contribution >= 0.6 is 0 Å². The molecule has 0 amide bonds. The Balaban J connectivity index is 2.01. The Morgan fingerprint density at radius 2 is 1.90 bits per heavy atom. The zero-order valence-electron chi connectivity index (χ0n) is 11.9. The van der Waals surface area contributed by atoms with Gasteiger partial charge in [0.25, 0.3) is 0 Å². The second kappa shape index (κ2) is 6.52. The Bertz CT molecular complexity index is 617. The summed E-state index contributed by atoms with van der Waals surface area (Å²) in [4.78, 5) is 1.37. The van der Waals surface area contributed by atoms with Gasteiger partial charge in [0.15, 0.2) is 0 Å². The van der Waals surface area contributed by atoms with Crippen molar-refractivity contribution < 1.29 is 17.7 Å². The van der Waals surface area contributed by atoms with E-state index in [1.807, 2.05) is 6.92 Å². The number of nitrogens with one attached hydrogen (secondary N) is 1. The molecular formula is C14H19FN3O2S+. The van der Waals surface area contributed by atoms with Crippen LogP contribution in [0.15, 0.2) is 29.2 Å². The zero-order chi connectivity index (χ0) is 15.5. The van der Waals surface area contributed by atoms with Gasteiger partial charge >= 0.3 is 0 Å². The molecule has 1 fully saturated rings. The van der Waals surface area contributed by atoms with Crippen molar-refractivity contribution in [1.29, 1.82) is 5.26 Å². The number of nitrogens with zero attached hydrogens (tertiary/aromatic N) is 2. The van der Waals surface area contributed by atoms with Crippen molar-refractivity contribution >= 4 is 10.0 Å². The molecule has 1 saturated heterocycles. The molecule has 0 aliphatic carbocycles.